The molecule has 29 heavy (non-hydrogen) atoms. The van der Waals surface area contributed by atoms with Crippen molar-refractivity contribution >= 4 is 39.3 Å². The first-order valence-electron chi connectivity index (χ1n) is 10.0. The van der Waals surface area contributed by atoms with E-state index < -0.39 is 16.1 Å². The zero-order valence-electron chi connectivity index (χ0n) is 16.5. The average Bonchev–Trinajstić information content (AvgIpc) is 3.20. The molecule has 1 atom stereocenters. The number of piperidine rings is 1. The monoisotopic (exact) mass is 442 g/mol. The van der Waals surface area contributed by atoms with E-state index in [1.165, 1.54) is 10.5 Å². The number of hydrogen-bond acceptors (Lipinski definition) is 5. The van der Waals surface area contributed by atoms with Crippen LogP contribution in [0, 0.1) is 5.92 Å². The molecule has 3 rings (SSSR count). The summed E-state index contributed by atoms with van der Waals surface area (Å²) < 4.78 is 26.3. The third-order valence-electron chi connectivity index (χ3n) is 5.46. The zero-order chi connectivity index (χ0) is 21.0. The highest BCUT2D eigenvalue weighted by molar-refractivity contribution is 7.89. The van der Waals surface area contributed by atoms with Gasteiger partial charge in [-0.3, -0.25) is 9.59 Å². The molecule has 8 nitrogen and oxygen atoms in total. The minimum Gasteiger partial charge on any atom is -0.341 e. The highest BCUT2D eigenvalue weighted by atomic mass is 35.5. The van der Waals surface area contributed by atoms with Crippen molar-refractivity contribution in [2.45, 2.75) is 45.1 Å². The Morgan fingerprint density at radius 3 is 2.55 bits per heavy atom. The Morgan fingerprint density at radius 2 is 1.93 bits per heavy atom. The van der Waals surface area contributed by atoms with Crippen LogP contribution in [0.15, 0.2) is 18.3 Å². The van der Waals surface area contributed by atoms with E-state index >= 15 is 0 Å². The SMILES string of the molecule is CCCS(=O)(=O)N1CCCC1C(=O)N1CCC(C(=O)Nc2ccc(Cl)cn2)CC1. The largest absolute Gasteiger partial charge is 0.341 e. The number of sulfonamides is 1. The lowest BCUT2D eigenvalue weighted by atomic mass is 9.95. The molecule has 0 saturated carbocycles. The van der Waals surface area contributed by atoms with Crippen LogP contribution in [0.25, 0.3) is 0 Å². The van der Waals surface area contributed by atoms with Gasteiger partial charge in [-0.1, -0.05) is 18.5 Å². The van der Waals surface area contributed by atoms with Gasteiger partial charge in [-0.25, -0.2) is 13.4 Å². The number of likely N-dealkylation sites (tertiary alicyclic amines) is 1. The third kappa shape index (κ3) is 5.26. The van der Waals surface area contributed by atoms with Crippen molar-refractivity contribution in [2.24, 2.45) is 5.92 Å². The normalized spacial score (nSPS) is 21.3. The zero-order valence-corrected chi connectivity index (χ0v) is 18.1. The highest BCUT2D eigenvalue weighted by Crippen LogP contribution is 2.26. The Balaban J connectivity index is 1.55. The Labute approximate surface area is 176 Å². The summed E-state index contributed by atoms with van der Waals surface area (Å²) in [7, 11) is -3.40. The molecule has 2 aliphatic heterocycles. The van der Waals surface area contributed by atoms with Crippen molar-refractivity contribution in [1.82, 2.24) is 14.2 Å². The number of nitrogens with zero attached hydrogens (tertiary/aromatic N) is 3. The minimum atomic E-state index is -3.40. The summed E-state index contributed by atoms with van der Waals surface area (Å²) in [5, 5.41) is 3.28. The number of aromatic nitrogens is 1. The molecular formula is C19H27ClN4O4S. The molecule has 1 N–H and O–H groups in total. The van der Waals surface area contributed by atoms with E-state index in [2.05, 4.69) is 10.3 Å². The number of carbonyl (C=O) groups is 2. The van der Waals surface area contributed by atoms with Crippen molar-refractivity contribution in [3.05, 3.63) is 23.4 Å². The van der Waals surface area contributed by atoms with Gasteiger partial charge in [-0.2, -0.15) is 4.31 Å². The second-order valence-corrected chi connectivity index (χ2v) is 10.0. The fourth-order valence-corrected chi connectivity index (χ4v) is 5.80. The molecule has 0 bridgehead atoms. The molecule has 3 heterocycles. The molecule has 1 unspecified atom stereocenters. The number of pyridine rings is 1. The molecular weight excluding hydrogens is 416 g/mol. The van der Waals surface area contributed by atoms with Gasteiger partial charge >= 0.3 is 0 Å². The van der Waals surface area contributed by atoms with Gasteiger partial charge in [0.05, 0.1) is 10.8 Å². The summed E-state index contributed by atoms with van der Waals surface area (Å²) in [4.78, 5) is 31.2. The first kappa shape index (κ1) is 22.0. The van der Waals surface area contributed by atoms with Crippen molar-refractivity contribution in [3.8, 4) is 0 Å². The molecule has 160 valence electrons. The standard InChI is InChI=1S/C19H27ClN4O4S/c1-2-12-29(27,28)24-9-3-4-16(24)19(26)23-10-7-14(8-11-23)18(25)22-17-6-5-15(20)13-21-17/h5-6,13-14,16H,2-4,7-12H2,1H3,(H,21,22,25). The predicted molar refractivity (Wildman–Crippen MR) is 111 cm³/mol. The fourth-order valence-electron chi connectivity index (χ4n) is 3.95. The lowest BCUT2D eigenvalue weighted by molar-refractivity contribution is -0.137. The number of nitrogens with one attached hydrogen (secondary N) is 1. The number of halogens is 1. The maximum Gasteiger partial charge on any atom is 0.241 e. The van der Waals surface area contributed by atoms with Crippen LogP contribution in [-0.2, 0) is 19.6 Å². The van der Waals surface area contributed by atoms with E-state index in [1.807, 2.05) is 6.92 Å². The lowest BCUT2D eigenvalue weighted by Crippen LogP contribution is -2.51. The summed E-state index contributed by atoms with van der Waals surface area (Å²) >= 11 is 5.80. The van der Waals surface area contributed by atoms with E-state index in [0.29, 0.717) is 62.6 Å². The van der Waals surface area contributed by atoms with Gasteiger partial charge in [0, 0.05) is 31.7 Å². The van der Waals surface area contributed by atoms with Crippen LogP contribution in [0.3, 0.4) is 0 Å². The maximum absolute atomic E-state index is 13.0. The Hall–Kier alpha value is -1.71. The van der Waals surface area contributed by atoms with Crippen LogP contribution >= 0.6 is 11.6 Å². The number of anilines is 1. The van der Waals surface area contributed by atoms with Crippen LogP contribution in [0.2, 0.25) is 5.02 Å². The van der Waals surface area contributed by atoms with E-state index in [0.717, 1.165) is 0 Å². The molecule has 2 aliphatic rings. The molecule has 0 aromatic carbocycles. The number of hydrogen-bond donors (Lipinski definition) is 1. The maximum atomic E-state index is 13.0. The van der Waals surface area contributed by atoms with Crippen molar-refractivity contribution in [2.75, 3.05) is 30.7 Å². The second-order valence-electron chi connectivity index (χ2n) is 7.54. The molecule has 2 fully saturated rings. The van der Waals surface area contributed by atoms with Crippen molar-refractivity contribution in [1.29, 1.82) is 0 Å². The smallest absolute Gasteiger partial charge is 0.241 e. The van der Waals surface area contributed by atoms with E-state index in [-0.39, 0.29) is 23.5 Å². The number of carbonyl (C=O) groups excluding carboxylic acids is 2. The van der Waals surface area contributed by atoms with Gasteiger partial charge in [-0.15, -0.1) is 0 Å². The summed E-state index contributed by atoms with van der Waals surface area (Å²) in [6, 6.07) is 2.70. The first-order valence-corrected chi connectivity index (χ1v) is 12.0. The Bertz CT molecular complexity index is 838. The molecule has 1 aromatic rings. The molecule has 1 aromatic heterocycles. The van der Waals surface area contributed by atoms with Crippen molar-refractivity contribution < 1.29 is 18.0 Å². The Kier molecular flexibility index (Phi) is 7.13. The van der Waals surface area contributed by atoms with Crippen LogP contribution in [0.4, 0.5) is 5.82 Å². The van der Waals surface area contributed by atoms with Crippen LogP contribution in [-0.4, -0.2) is 65.9 Å². The van der Waals surface area contributed by atoms with Crippen LogP contribution in [0.5, 0.6) is 0 Å². The second kappa shape index (κ2) is 9.40. The van der Waals surface area contributed by atoms with Crippen molar-refractivity contribution in [3.63, 3.8) is 0 Å². The van der Waals surface area contributed by atoms with Gasteiger partial charge < -0.3 is 10.2 Å². The molecule has 0 radical (unpaired) electrons. The topological polar surface area (TPSA) is 99.7 Å². The average molecular weight is 443 g/mol. The minimum absolute atomic E-state index is 0.0672. The van der Waals surface area contributed by atoms with Gasteiger partial charge in [0.25, 0.3) is 0 Å². The fraction of sp³-hybridized carbons (Fsp3) is 0.632. The molecule has 2 amide bonds. The predicted octanol–water partition coefficient (Wildman–Crippen LogP) is 2.12. The Morgan fingerprint density at radius 1 is 1.21 bits per heavy atom. The third-order valence-corrected chi connectivity index (χ3v) is 7.76. The highest BCUT2D eigenvalue weighted by Gasteiger charge is 2.41. The van der Waals surface area contributed by atoms with E-state index in [1.54, 1.807) is 17.0 Å². The summed E-state index contributed by atoms with van der Waals surface area (Å²) in [5.41, 5.74) is 0. The van der Waals surface area contributed by atoms with Gasteiger partial charge in [-0.05, 0) is 44.2 Å². The quantitative estimate of drug-likeness (QED) is 0.727. The van der Waals surface area contributed by atoms with Crippen LogP contribution < -0.4 is 5.32 Å². The molecule has 10 heteroatoms. The van der Waals surface area contributed by atoms with Gasteiger partial charge in [0.15, 0.2) is 0 Å². The van der Waals surface area contributed by atoms with Gasteiger partial charge in [0.1, 0.15) is 11.9 Å². The first-order chi connectivity index (χ1) is 13.8. The summed E-state index contributed by atoms with van der Waals surface area (Å²) in [6.07, 6.45) is 4.34. The molecule has 0 aliphatic carbocycles. The number of rotatable bonds is 6. The molecule has 2 saturated heterocycles. The van der Waals surface area contributed by atoms with E-state index in [9.17, 15) is 18.0 Å². The van der Waals surface area contributed by atoms with Crippen LogP contribution in [0.1, 0.15) is 39.0 Å². The van der Waals surface area contributed by atoms with Gasteiger partial charge in [0.2, 0.25) is 21.8 Å². The van der Waals surface area contributed by atoms with E-state index in [4.69, 9.17) is 11.6 Å². The molecule has 0 spiro atoms. The lowest BCUT2D eigenvalue weighted by Gasteiger charge is -2.34. The number of amides is 2. The summed E-state index contributed by atoms with van der Waals surface area (Å²) in [5.74, 6) is 0.0404. The summed E-state index contributed by atoms with van der Waals surface area (Å²) in [6.45, 7) is 3.12.